The van der Waals surface area contributed by atoms with Crippen LogP contribution in [0.15, 0.2) is 75.7 Å². The van der Waals surface area contributed by atoms with Crippen molar-refractivity contribution < 1.29 is 0 Å². The monoisotopic (exact) mass is 418 g/mol. The van der Waals surface area contributed by atoms with Crippen LogP contribution in [0.25, 0.3) is 22.3 Å². The van der Waals surface area contributed by atoms with Gasteiger partial charge in [-0.15, -0.1) is 9.24 Å². The molecule has 0 aromatic heterocycles. The lowest BCUT2D eigenvalue weighted by Gasteiger charge is -2.13. The van der Waals surface area contributed by atoms with Gasteiger partial charge in [-0.1, -0.05) is 74.3 Å². The average Bonchev–Trinajstić information content (AvgIpc) is 2.49. The van der Waals surface area contributed by atoms with Crippen LogP contribution in [0.2, 0.25) is 0 Å². The molecule has 0 bridgehead atoms. The Hall–Kier alpha value is -0.950. The molecule has 3 rings (SSSR count). The molecule has 0 saturated heterocycles. The Morgan fingerprint density at radius 3 is 1.71 bits per heavy atom. The standard InChI is InChI=1S/C18H13Br2P/c19-14-8-4-12(5-9-14)16-2-1-3-17(21)18(16)13-6-10-15(20)11-7-13/h1-11H,21H2. The molecule has 0 saturated carbocycles. The van der Waals surface area contributed by atoms with Gasteiger partial charge in [-0.2, -0.15) is 0 Å². The van der Waals surface area contributed by atoms with Crippen LogP contribution >= 0.6 is 41.1 Å². The van der Waals surface area contributed by atoms with E-state index >= 15 is 0 Å². The molecule has 0 aliphatic rings. The molecule has 1 unspecified atom stereocenters. The molecule has 0 N–H and O–H groups in total. The minimum atomic E-state index is 1.10. The van der Waals surface area contributed by atoms with Crippen molar-refractivity contribution >= 4 is 46.4 Å². The molecule has 0 aliphatic carbocycles. The second-order valence-corrected chi connectivity index (χ2v) is 7.24. The van der Waals surface area contributed by atoms with Crippen LogP contribution in [0.5, 0.6) is 0 Å². The highest BCUT2D eigenvalue weighted by Crippen LogP contribution is 2.33. The second-order valence-electron chi connectivity index (χ2n) is 4.78. The van der Waals surface area contributed by atoms with Gasteiger partial charge < -0.3 is 0 Å². The highest BCUT2D eigenvalue weighted by Gasteiger charge is 2.10. The van der Waals surface area contributed by atoms with Gasteiger partial charge >= 0.3 is 0 Å². The quantitative estimate of drug-likeness (QED) is 0.444. The predicted molar refractivity (Wildman–Crippen MR) is 102 cm³/mol. The maximum absolute atomic E-state index is 3.50. The highest BCUT2D eigenvalue weighted by atomic mass is 79.9. The lowest BCUT2D eigenvalue weighted by molar-refractivity contribution is 1.58. The summed E-state index contributed by atoms with van der Waals surface area (Å²) in [5.41, 5.74) is 4.96. The maximum Gasteiger partial charge on any atom is 0.0175 e. The zero-order valence-electron chi connectivity index (χ0n) is 11.2. The van der Waals surface area contributed by atoms with E-state index in [0.717, 1.165) is 8.95 Å². The fourth-order valence-corrected chi connectivity index (χ4v) is 3.34. The topological polar surface area (TPSA) is 0 Å². The number of hydrogen-bond donors (Lipinski definition) is 0. The van der Waals surface area contributed by atoms with E-state index in [9.17, 15) is 0 Å². The Morgan fingerprint density at radius 1 is 0.619 bits per heavy atom. The van der Waals surface area contributed by atoms with Gasteiger partial charge in [0.15, 0.2) is 0 Å². The molecule has 1 atom stereocenters. The zero-order chi connectivity index (χ0) is 14.8. The first-order valence-corrected chi connectivity index (χ1v) is 8.72. The first-order valence-electron chi connectivity index (χ1n) is 6.55. The number of halogens is 2. The van der Waals surface area contributed by atoms with Gasteiger partial charge in [-0.3, -0.25) is 0 Å². The van der Waals surface area contributed by atoms with Gasteiger partial charge in [0.2, 0.25) is 0 Å². The summed E-state index contributed by atoms with van der Waals surface area (Å²) < 4.78 is 2.19. The predicted octanol–water partition coefficient (Wildman–Crippen LogP) is 6.05. The van der Waals surface area contributed by atoms with Crippen molar-refractivity contribution in [1.29, 1.82) is 0 Å². The maximum atomic E-state index is 3.50. The first kappa shape index (κ1) is 15.0. The van der Waals surface area contributed by atoms with Crippen molar-refractivity contribution in [1.82, 2.24) is 0 Å². The molecule has 0 nitrogen and oxygen atoms in total. The summed E-state index contributed by atoms with van der Waals surface area (Å²) >= 11 is 6.99. The van der Waals surface area contributed by atoms with Gasteiger partial charge in [0.25, 0.3) is 0 Å². The number of hydrogen-bond acceptors (Lipinski definition) is 0. The van der Waals surface area contributed by atoms with E-state index in [1.165, 1.54) is 27.6 Å². The first-order chi connectivity index (χ1) is 10.1. The molecule has 3 aromatic carbocycles. The lowest BCUT2D eigenvalue weighted by atomic mass is 9.94. The summed E-state index contributed by atoms with van der Waals surface area (Å²) in [6, 6.07) is 23.3. The molecular weight excluding hydrogens is 407 g/mol. The molecular formula is C18H13Br2P. The fourth-order valence-electron chi connectivity index (χ4n) is 2.38. The van der Waals surface area contributed by atoms with Crippen molar-refractivity contribution in [2.75, 3.05) is 0 Å². The van der Waals surface area contributed by atoms with E-state index in [1.807, 2.05) is 0 Å². The zero-order valence-corrected chi connectivity index (χ0v) is 15.5. The molecule has 0 spiro atoms. The van der Waals surface area contributed by atoms with E-state index in [0.29, 0.717) is 0 Å². The molecule has 21 heavy (non-hydrogen) atoms. The van der Waals surface area contributed by atoms with Crippen LogP contribution in [0, 0.1) is 0 Å². The van der Waals surface area contributed by atoms with Crippen molar-refractivity contribution in [2.45, 2.75) is 0 Å². The van der Waals surface area contributed by atoms with Crippen LogP contribution in [-0.2, 0) is 0 Å². The molecule has 0 radical (unpaired) electrons. The number of rotatable bonds is 2. The van der Waals surface area contributed by atoms with Crippen molar-refractivity contribution in [3.8, 4) is 22.3 Å². The Balaban J connectivity index is 2.20. The van der Waals surface area contributed by atoms with E-state index in [2.05, 4.69) is 108 Å². The summed E-state index contributed by atoms with van der Waals surface area (Å²) in [5, 5.41) is 1.21. The molecule has 0 amide bonds. The molecule has 3 aromatic rings. The second kappa shape index (κ2) is 6.44. The van der Waals surface area contributed by atoms with Crippen LogP contribution in [0.1, 0.15) is 0 Å². The highest BCUT2D eigenvalue weighted by molar-refractivity contribution is 9.10. The minimum Gasteiger partial charge on any atom is -0.105 e. The van der Waals surface area contributed by atoms with E-state index < -0.39 is 0 Å². The van der Waals surface area contributed by atoms with Crippen molar-refractivity contribution in [2.24, 2.45) is 0 Å². The van der Waals surface area contributed by atoms with Crippen LogP contribution < -0.4 is 5.30 Å². The average molecular weight is 420 g/mol. The van der Waals surface area contributed by atoms with Gasteiger partial charge in [0.05, 0.1) is 0 Å². The Morgan fingerprint density at radius 2 is 1.14 bits per heavy atom. The summed E-state index contributed by atoms with van der Waals surface area (Å²) in [7, 11) is 2.84. The SMILES string of the molecule is Pc1cccc(-c2ccc(Br)cc2)c1-c1ccc(Br)cc1. The molecule has 0 heterocycles. The molecule has 0 aliphatic heterocycles. The normalized spacial score (nSPS) is 10.6. The van der Waals surface area contributed by atoms with E-state index in [1.54, 1.807) is 0 Å². The fraction of sp³-hybridized carbons (Fsp3) is 0. The molecule has 0 fully saturated rings. The van der Waals surface area contributed by atoms with Crippen molar-refractivity contribution in [3.63, 3.8) is 0 Å². The van der Waals surface area contributed by atoms with Crippen molar-refractivity contribution in [3.05, 3.63) is 75.7 Å². The van der Waals surface area contributed by atoms with Gasteiger partial charge in [-0.05, 0) is 51.8 Å². The molecule has 3 heteroatoms. The summed E-state index contributed by atoms with van der Waals surface area (Å²) in [5.74, 6) is 0. The Kier molecular flexibility index (Phi) is 4.59. The van der Waals surface area contributed by atoms with Gasteiger partial charge in [0.1, 0.15) is 0 Å². The lowest BCUT2D eigenvalue weighted by Crippen LogP contribution is -1.99. The largest absolute Gasteiger partial charge is 0.105 e. The smallest absolute Gasteiger partial charge is 0.0175 e. The Labute approximate surface area is 144 Å². The van der Waals surface area contributed by atoms with Crippen LogP contribution in [-0.4, -0.2) is 0 Å². The third-order valence-corrected chi connectivity index (χ3v) is 4.92. The van der Waals surface area contributed by atoms with Gasteiger partial charge in [-0.25, -0.2) is 0 Å². The minimum absolute atomic E-state index is 1.10. The Bertz CT molecular complexity index is 762. The van der Waals surface area contributed by atoms with E-state index in [-0.39, 0.29) is 0 Å². The summed E-state index contributed by atoms with van der Waals surface area (Å²) in [6.45, 7) is 0. The third kappa shape index (κ3) is 3.29. The van der Waals surface area contributed by atoms with Crippen LogP contribution in [0.3, 0.4) is 0 Å². The summed E-state index contributed by atoms with van der Waals surface area (Å²) in [6.07, 6.45) is 0. The number of benzene rings is 3. The van der Waals surface area contributed by atoms with E-state index in [4.69, 9.17) is 0 Å². The van der Waals surface area contributed by atoms with Crippen LogP contribution in [0.4, 0.5) is 0 Å². The summed E-state index contributed by atoms with van der Waals surface area (Å²) in [4.78, 5) is 0. The third-order valence-electron chi connectivity index (χ3n) is 3.38. The molecule has 104 valence electrons. The van der Waals surface area contributed by atoms with Gasteiger partial charge in [0, 0.05) is 8.95 Å².